The number of benzene rings is 1. The molecule has 2 amide bonds. The summed E-state index contributed by atoms with van der Waals surface area (Å²) >= 11 is 14.7. The zero-order valence-corrected chi connectivity index (χ0v) is 17.3. The summed E-state index contributed by atoms with van der Waals surface area (Å²) in [5.41, 5.74) is 1.38. The maximum atomic E-state index is 12.3. The molecule has 0 aliphatic heterocycles. The number of aromatic nitrogens is 1. The average Bonchev–Trinajstić information content (AvgIpc) is 3.26. The van der Waals surface area contributed by atoms with Gasteiger partial charge < -0.3 is 5.32 Å². The van der Waals surface area contributed by atoms with Crippen molar-refractivity contribution in [3.63, 3.8) is 0 Å². The van der Waals surface area contributed by atoms with E-state index in [1.807, 2.05) is 18.4 Å². The molecule has 0 aliphatic rings. The number of nitrogens with one attached hydrogen (secondary N) is 2. The number of halogens is 2. The molecule has 140 valence electrons. The predicted molar refractivity (Wildman–Crippen MR) is 111 cm³/mol. The monoisotopic (exact) mass is 439 g/mol. The van der Waals surface area contributed by atoms with Gasteiger partial charge in [-0.25, -0.2) is 4.98 Å². The van der Waals surface area contributed by atoms with Crippen LogP contribution in [-0.2, 0) is 11.2 Å². The zero-order valence-electron chi connectivity index (χ0n) is 14.2. The fourth-order valence-corrected chi connectivity index (χ4v) is 4.30. The maximum Gasteiger partial charge on any atom is 0.267 e. The van der Waals surface area contributed by atoms with E-state index in [0.29, 0.717) is 25.7 Å². The van der Waals surface area contributed by atoms with Crippen LogP contribution in [0.4, 0.5) is 5.13 Å². The third-order valence-corrected chi connectivity index (χ3v) is 5.90. The predicted octanol–water partition coefficient (Wildman–Crippen LogP) is 5.18. The van der Waals surface area contributed by atoms with Crippen LogP contribution in [0.15, 0.2) is 41.1 Å². The van der Waals surface area contributed by atoms with Gasteiger partial charge in [0.15, 0.2) is 5.13 Å². The Morgan fingerprint density at radius 2 is 2.04 bits per heavy atom. The van der Waals surface area contributed by atoms with Gasteiger partial charge in [0.25, 0.3) is 5.91 Å². The second kappa shape index (κ2) is 8.84. The molecule has 27 heavy (non-hydrogen) atoms. The molecule has 2 heterocycles. The third kappa shape index (κ3) is 5.29. The summed E-state index contributed by atoms with van der Waals surface area (Å²) in [7, 11) is 0. The largest absolute Gasteiger partial charge is 0.349 e. The number of hydrogen-bond donors (Lipinski definition) is 2. The highest BCUT2D eigenvalue weighted by atomic mass is 35.5. The van der Waals surface area contributed by atoms with Crippen molar-refractivity contribution in [3.8, 4) is 0 Å². The highest BCUT2D eigenvalue weighted by Crippen LogP contribution is 2.26. The number of amides is 2. The van der Waals surface area contributed by atoms with Gasteiger partial charge in [-0.15, -0.1) is 22.7 Å². The first-order chi connectivity index (χ1) is 12.9. The Labute approximate surface area is 174 Å². The lowest BCUT2D eigenvalue weighted by Crippen LogP contribution is -2.28. The SMILES string of the molecule is C[C@@H](NC(=O)Cc1csc(NC(=O)c2cccs2)n1)c1ccc(Cl)cc1Cl. The first kappa shape index (κ1) is 19.8. The molecule has 2 aromatic heterocycles. The second-order valence-corrected chi connectivity index (χ2v) is 8.36. The maximum absolute atomic E-state index is 12.3. The van der Waals surface area contributed by atoms with Crippen molar-refractivity contribution in [1.29, 1.82) is 0 Å². The topological polar surface area (TPSA) is 71.1 Å². The number of rotatable bonds is 6. The fraction of sp³-hybridized carbons (Fsp3) is 0.167. The van der Waals surface area contributed by atoms with Crippen LogP contribution in [0.5, 0.6) is 0 Å². The van der Waals surface area contributed by atoms with Gasteiger partial charge in [-0.3, -0.25) is 14.9 Å². The summed E-state index contributed by atoms with van der Waals surface area (Å²) in [6.45, 7) is 1.85. The van der Waals surface area contributed by atoms with Gasteiger partial charge in [-0.2, -0.15) is 0 Å². The molecule has 0 saturated carbocycles. The Kier molecular flexibility index (Phi) is 6.49. The van der Waals surface area contributed by atoms with Crippen LogP contribution in [0.25, 0.3) is 0 Å². The average molecular weight is 440 g/mol. The number of carbonyl (C=O) groups excluding carboxylic acids is 2. The molecule has 0 radical (unpaired) electrons. The van der Waals surface area contributed by atoms with Crippen LogP contribution in [0, 0.1) is 0 Å². The van der Waals surface area contributed by atoms with E-state index in [-0.39, 0.29) is 24.3 Å². The van der Waals surface area contributed by atoms with Crippen LogP contribution in [0.3, 0.4) is 0 Å². The number of thiazole rings is 1. The molecule has 0 aliphatic carbocycles. The van der Waals surface area contributed by atoms with Crippen molar-refractivity contribution >= 4 is 62.8 Å². The van der Waals surface area contributed by atoms with E-state index in [4.69, 9.17) is 23.2 Å². The van der Waals surface area contributed by atoms with Gasteiger partial charge in [-0.1, -0.05) is 35.3 Å². The van der Waals surface area contributed by atoms with E-state index in [1.54, 1.807) is 29.6 Å². The van der Waals surface area contributed by atoms with Crippen LogP contribution in [0.1, 0.15) is 33.9 Å². The lowest BCUT2D eigenvalue weighted by molar-refractivity contribution is -0.121. The molecule has 0 fully saturated rings. The molecular weight excluding hydrogens is 425 g/mol. The standard InChI is InChI=1S/C18H15Cl2N3O2S2/c1-10(13-5-4-11(19)7-14(13)20)21-16(24)8-12-9-27-18(22-12)23-17(25)15-3-2-6-26-15/h2-7,9-10H,8H2,1H3,(H,21,24)(H,22,23,25)/t10-/m1/s1. The molecule has 9 heteroatoms. The van der Waals surface area contributed by atoms with Crippen molar-refractivity contribution in [2.75, 3.05) is 5.32 Å². The van der Waals surface area contributed by atoms with Crippen LogP contribution in [0.2, 0.25) is 10.0 Å². The van der Waals surface area contributed by atoms with Crippen molar-refractivity contribution in [1.82, 2.24) is 10.3 Å². The highest BCUT2D eigenvalue weighted by Gasteiger charge is 2.15. The van der Waals surface area contributed by atoms with E-state index >= 15 is 0 Å². The lowest BCUT2D eigenvalue weighted by Gasteiger charge is -2.15. The normalized spacial score (nSPS) is 11.8. The Morgan fingerprint density at radius 3 is 2.74 bits per heavy atom. The Balaban J connectivity index is 1.56. The smallest absolute Gasteiger partial charge is 0.267 e. The van der Waals surface area contributed by atoms with Crippen molar-refractivity contribution in [2.24, 2.45) is 0 Å². The van der Waals surface area contributed by atoms with Crippen LogP contribution < -0.4 is 10.6 Å². The first-order valence-corrected chi connectivity index (χ1v) is 10.5. The van der Waals surface area contributed by atoms with E-state index in [2.05, 4.69) is 15.6 Å². The summed E-state index contributed by atoms with van der Waals surface area (Å²) in [6.07, 6.45) is 0.112. The first-order valence-electron chi connectivity index (χ1n) is 7.96. The van der Waals surface area contributed by atoms with Crippen molar-refractivity contribution in [2.45, 2.75) is 19.4 Å². The van der Waals surface area contributed by atoms with Crippen LogP contribution in [-0.4, -0.2) is 16.8 Å². The number of nitrogens with zero attached hydrogens (tertiary/aromatic N) is 1. The summed E-state index contributed by atoms with van der Waals surface area (Å²) < 4.78 is 0. The second-order valence-electron chi connectivity index (χ2n) is 5.71. The van der Waals surface area contributed by atoms with Gasteiger partial charge in [-0.05, 0) is 36.1 Å². The highest BCUT2D eigenvalue weighted by molar-refractivity contribution is 7.14. The number of thiophene rings is 1. The molecule has 2 N–H and O–H groups in total. The Bertz CT molecular complexity index is 957. The summed E-state index contributed by atoms with van der Waals surface area (Å²) in [5, 5.41) is 10.7. The van der Waals surface area contributed by atoms with Crippen LogP contribution >= 0.6 is 45.9 Å². The number of anilines is 1. The Morgan fingerprint density at radius 1 is 1.22 bits per heavy atom. The molecular formula is C18H15Cl2N3O2S2. The molecule has 0 bridgehead atoms. The van der Waals surface area contributed by atoms with E-state index in [1.165, 1.54) is 22.7 Å². The third-order valence-electron chi connectivity index (χ3n) is 3.67. The molecule has 0 unspecified atom stereocenters. The quantitative estimate of drug-likeness (QED) is 0.555. The van der Waals surface area contributed by atoms with E-state index in [9.17, 15) is 9.59 Å². The summed E-state index contributed by atoms with van der Waals surface area (Å²) in [4.78, 5) is 29.2. The van der Waals surface area contributed by atoms with Crippen molar-refractivity contribution < 1.29 is 9.59 Å². The summed E-state index contributed by atoms with van der Waals surface area (Å²) in [6, 6.07) is 8.45. The van der Waals surface area contributed by atoms with Gasteiger partial charge in [0.2, 0.25) is 5.91 Å². The number of hydrogen-bond acceptors (Lipinski definition) is 5. The molecule has 3 rings (SSSR count). The van der Waals surface area contributed by atoms with Gasteiger partial charge in [0.1, 0.15) is 0 Å². The van der Waals surface area contributed by atoms with Gasteiger partial charge in [0.05, 0.1) is 23.0 Å². The zero-order chi connectivity index (χ0) is 19.4. The molecule has 5 nitrogen and oxygen atoms in total. The minimum atomic E-state index is -0.265. The molecule has 3 aromatic rings. The summed E-state index contributed by atoms with van der Waals surface area (Å²) in [5.74, 6) is -0.392. The Hall–Kier alpha value is -1.93. The fourth-order valence-electron chi connectivity index (χ4n) is 2.40. The minimum Gasteiger partial charge on any atom is -0.349 e. The lowest BCUT2D eigenvalue weighted by atomic mass is 10.1. The number of carbonyl (C=O) groups is 2. The van der Waals surface area contributed by atoms with Gasteiger partial charge >= 0.3 is 0 Å². The minimum absolute atomic E-state index is 0.112. The molecule has 0 spiro atoms. The molecule has 1 aromatic carbocycles. The van der Waals surface area contributed by atoms with Crippen molar-refractivity contribution in [3.05, 3.63) is 67.3 Å². The molecule has 0 saturated heterocycles. The van der Waals surface area contributed by atoms with E-state index < -0.39 is 0 Å². The van der Waals surface area contributed by atoms with Gasteiger partial charge in [0, 0.05) is 15.4 Å². The van der Waals surface area contributed by atoms with E-state index in [0.717, 1.165) is 5.56 Å². The molecule has 1 atom stereocenters.